The number of nitrogens with zero attached hydrogens (tertiary/aromatic N) is 2. The van der Waals surface area contributed by atoms with Gasteiger partial charge in [-0.3, -0.25) is 4.57 Å². The Kier molecular flexibility index (Phi) is 3.42. The summed E-state index contributed by atoms with van der Waals surface area (Å²) in [6.45, 7) is 4.80. The van der Waals surface area contributed by atoms with Crippen LogP contribution in [0, 0.1) is 0 Å². The fourth-order valence-corrected chi connectivity index (χ4v) is 2.69. The molecule has 0 amide bonds. The molecule has 2 N–H and O–H groups in total. The molecule has 1 aliphatic heterocycles. The van der Waals surface area contributed by atoms with Crippen LogP contribution in [0.3, 0.4) is 0 Å². The van der Waals surface area contributed by atoms with E-state index in [0.29, 0.717) is 11.1 Å². The van der Waals surface area contributed by atoms with Gasteiger partial charge in [-0.25, -0.2) is 9.59 Å². The molecule has 112 valence electrons. The van der Waals surface area contributed by atoms with Crippen LogP contribution in [0.1, 0.15) is 13.0 Å². The van der Waals surface area contributed by atoms with Crippen molar-refractivity contribution in [2.75, 3.05) is 31.1 Å². The molecule has 0 aliphatic carbocycles. The van der Waals surface area contributed by atoms with E-state index in [0.717, 1.165) is 31.9 Å². The second-order valence-corrected chi connectivity index (χ2v) is 5.11. The maximum atomic E-state index is 12.0. The Bertz CT molecular complexity index is 727. The molecule has 0 radical (unpaired) electrons. The highest BCUT2D eigenvalue weighted by Gasteiger charge is 2.24. The molecule has 21 heavy (non-hydrogen) atoms. The predicted molar refractivity (Wildman–Crippen MR) is 77.9 cm³/mol. The largest absolute Gasteiger partial charge is 0.480 e. The number of carboxylic acids is 1. The van der Waals surface area contributed by atoms with Gasteiger partial charge in [0, 0.05) is 26.2 Å². The molecular weight excluding hydrogens is 274 g/mol. The number of anilines is 1. The molecule has 1 aliphatic rings. The lowest BCUT2D eigenvalue weighted by molar-refractivity contribution is -0.140. The van der Waals surface area contributed by atoms with E-state index in [1.54, 1.807) is 6.07 Å². The molecule has 2 aromatic rings. The third-order valence-corrected chi connectivity index (χ3v) is 3.81. The van der Waals surface area contributed by atoms with E-state index in [1.807, 2.05) is 12.1 Å². The standard InChI is InChI=1S/C14H17N3O4/c1-9(13(18)19)17-12-10(16-7-5-15-6-8-16)3-2-4-11(12)21-14(17)20/h2-4,9,15H,5-8H2,1H3,(H,18,19). The van der Waals surface area contributed by atoms with E-state index in [4.69, 9.17) is 4.42 Å². The van der Waals surface area contributed by atoms with Crippen LogP contribution >= 0.6 is 0 Å². The van der Waals surface area contributed by atoms with E-state index >= 15 is 0 Å². The van der Waals surface area contributed by atoms with Crippen molar-refractivity contribution in [3.63, 3.8) is 0 Å². The molecule has 0 bridgehead atoms. The zero-order chi connectivity index (χ0) is 15.0. The van der Waals surface area contributed by atoms with E-state index in [1.165, 1.54) is 11.5 Å². The molecule has 1 atom stereocenters. The molecular formula is C14H17N3O4. The molecule has 1 fully saturated rings. The van der Waals surface area contributed by atoms with Crippen molar-refractivity contribution in [3.05, 3.63) is 28.7 Å². The Balaban J connectivity index is 2.20. The number of para-hydroxylation sites is 1. The lowest BCUT2D eigenvalue weighted by Gasteiger charge is -2.30. The van der Waals surface area contributed by atoms with Gasteiger partial charge in [-0.2, -0.15) is 0 Å². The van der Waals surface area contributed by atoms with Crippen molar-refractivity contribution in [2.24, 2.45) is 0 Å². The van der Waals surface area contributed by atoms with Crippen molar-refractivity contribution in [1.29, 1.82) is 0 Å². The van der Waals surface area contributed by atoms with Gasteiger partial charge in [-0.1, -0.05) is 6.07 Å². The van der Waals surface area contributed by atoms with Gasteiger partial charge in [0.05, 0.1) is 5.69 Å². The third-order valence-electron chi connectivity index (χ3n) is 3.81. The van der Waals surface area contributed by atoms with Crippen molar-refractivity contribution in [2.45, 2.75) is 13.0 Å². The van der Waals surface area contributed by atoms with Crippen molar-refractivity contribution in [3.8, 4) is 0 Å². The number of aliphatic carboxylic acids is 1. The summed E-state index contributed by atoms with van der Waals surface area (Å²) in [6, 6.07) is 4.43. The number of carboxylic acid groups (broad SMARTS) is 1. The van der Waals surface area contributed by atoms with Gasteiger partial charge in [0.2, 0.25) is 0 Å². The number of aromatic nitrogens is 1. The number of hydrogen-bond donors (Lipinski definition) is 2. The summed E-state index contributed by atoms with van der Waals surface area (Å²) < 4.78 is 6.42. The van der Waals surface area contributed by atoms with E-state index in [-0.39, 0.29) is 0 Å². The fourth-order valence-electron chi connectivity index (χ4n) is 2.69. The van der Waals surface area contributed by atoms with Crippen molar-refractivity contribution >= 4 is 22.8 Å². The first-order chi connectivity index (χ1) is 10.1. The van der Waals surface area contributed by atoms with Gasteiger partial charge in [-0.05, 0) is 19.1 Å². The normalized spacial score (nSPS) is 17.1. The Morgan fingerprint density at radius 3 is 2.76 bits per heavy atom. The summed E-state index contributed by atoms with van der Waals surface area (Å²) in [6.07, 6.45) is 0. The molecule has 1 unspecified atom stereocenters. The monoisotopic (exact) mass is 291 g/mol. The maximum absolute atomic E-state index is 12.0. The number of carbonyl (C=O) groups is 1. The minimum Gasteiger partial charge on any atom is -0.480 e. The Morgan fingerprint density at radius 1 is 1.38 bits per heavy atom. The smallest absolute Gasteiger partial charge is 0.420 e. The number of rotatable bonds is 3. The lowest BCUT2D eigenvalue weighted by Crippen LogP contribution is -2.43. The predicted octanol–water partition coefficient (Wildman–Crippen LogP) is 0.650. The molecule has 0 saturated carbocycles. The van der Waals surface area contributed by atoms with Crippen molar-refractivity contribution < 1.29 is 14.3 Å². The summed E-state index contributed by atoms with van der Waals surface area (Å²) in [7, 11) is 0. The topological polar surface area (TPSA) is 87.7 Å². The SMILES string of the molecule is CC(C(=O)O)n1c(=O)oc2cccc(N3CCNCC3)c21. The summed E-state index contributed by atoms with van der Waals surface area (Å²) in [5.41, 5.74) is 1.82. The van der Waals surface area contributed by atoms with Crippen LogP contribution in [0.2, 0.25) is 0 Å². The highest BCUT2D eigenvalue weighted by Crippen LogP contribution is 2.28. The van der Waals surface area contributed by atoms with Gasteiger partial charge in [-0.15, -0.1) is 0 Å². The Morgan fingerprint density at radius 2 is 2.10 bits per heavy atom. The number of nitrogens with one attached hydrogen (secondary N) is 1. The van der Waals surface area contributed by atoms with Crippen LogP contribution in [0.5, 0.6) is 0 Å². The van der Waals surface area contributed by atoms with Gasteiger partial charge in [0.15, 0.2) is 5.58 Å². The quantitative estimate of drug-likeness (QED) is 0.863. The van der Waals surface area contributed by atoms with Gasteiger partial charge >= 0.3 is 11.7 Å². The van der Waals surface area contributed by atoms with Crippen LogP contribution in [-0.4, -0.2) is 41.8 Å². The van der Waals surface area contributed by atoms with Crippen LogP contribution in [0.15, 0.2) is 27.4 Å². The molecule has 2 heterocycles. The van der Waals surface area contributed by atoms with Gasteiger partial charge in [0.1, 0.15) is 11.6 Å². The fraction of sp³-hybridized carbons (Fsp3) is 0.429. The van der Waals surface area contributed by atoms with E-state index in [2.05, 4.69) is 10.2 Å². The lowest BCUT2D eigenvalue weighted by atomic mass is 10.2. The van der Waals surface area contributed by atoms with Gasteiger partial charge in [0.25, 0.3) is 0 Å². The van der Waals surface area contributed by atoms with Crippen molar-refractivity contribution in [1.82, 2.24) is 9.88 Å². The number of fused-ring (bicyclic) bond motifs is 1. The van der Waals surface area contributed by atoms with Gasteiger partial charge < -0.3 is 19.7 Å². The van der Waals surface area contributed by atoms with Crippen LogP contribution in [-0.2, 0) is 4.79 Å². The molecule has 1 aromatic heterocycles. The number of oxazole rings is 1. The second kappa shape index (κ2) is 5.25. The Hall–Kier alpha value is -2.28. The molecule has 3 rings (SSSR count). The molecule has 1 saturated heterocycles. The first kappa shape index (κ1) is 13.7. The summed E-state index contributed by atoms with van der Waals surface area (Å²) >= 11 is 0. The molecule has 1 aromatic carbocycles. The number of benzene rings is 1. The molecule has 7 heteroatoms. The Labute approximate surface area is 120 Å². The minimum absolute atomic E-state index is 0.420. The highest BCUT2D eigenvalue weighted by molar-refractivity contribution is 5.89. The first-order valence-corrected chi connectivity index (χ1v) is 6.92. The van der Waals surface area contributed by atoms with E-state index < -0.39 is 17.8 Å². The maximum Gasteiger partial charge on any atom is 0.420 e. The summed E-state index contributed by atoms with van der Waals surface area (Å²) in [5.74, 6) is -1.70. The third kappa shape index (κ3) is 2.29. The first-order valence-electron chi connectivity index (χ1n) is 6.92. The second-order valence-electron chi connectivity index (χ2n) is 5.11. The zero-order valence-electron chi connectivity index (χ0n) is 11.7. The molecule has 0 spiro atoms. The molecule has 7 nitrogen and oxygen atoms in total. The highest BCUT2D eigenvalue weighted by atomic mass is 16.4. The van der Waals surface area contributed by atoms with Crippen LogP contribution < -0.4 is 16.0 Å². The number of piperazine rings is 1. The van der Waals surface area contributed by atoms with Crippen LogP contribution in [0.25, 0.3) is 11.1 Å². The van der Waals surface area contributed by atoms with E-state index in [9.17, 15) is 14.7 Å². The summed E-state index contributed by atoms with van der Waals surface area (Å²) in [4.78, 5) is 25.4. The number of hydrogen-bond acceptors (Lipinski definition) is 5. The summed E-state index contributed by atoms with van der Waals surface area (Å²) in [5, 5.41) is 12.5. The zero-order valence-corrected chi connectivity index (χ0v) is 11.7. The average Bonchev–Trinajstić information content (AvgIpc) is 2.83. The minimum atomic E-state index is -1.06. The average molecular weight is 291 g/mol. The van der Waals surface area contributed by atoms with Crippen LogP contribution in [0.4, 0.5) is 5.69 Å².